The van der Waals surface area contributed by atoms with E-state index in [2.05, 4.69) is 26.2 Å². The number of nitrogens with one attached hydrogen (secondary N) is 1. The van der Waals surface area contributed by atoms with E-state index in [1.54, 1.807) is 19.5 Å². The minimum Gasteiger partial charge on any atom is -0.497 e. The molecule has 0 aliphatic rings. The van der Waals surface area contributed by atoms with Gasteiger partial charge in [-0.1, -0.05) is 17.7 Å². The highest BCUT2D eigenvalue weighted by Crippen LogP contribution is 2.27. The standard InChI is InChI=1S/C17H14N4OS/c1-3-10-23-17-20-15-11-18-9-8-14(15)16(21-17)19-12-4-6-13(22-2)7-5-12/h1,4-9,11H,10H2,2H3,(H,19,20,21). The Morgan fingerprint density at radius 3 is 2.78 bits per heavy atom. The summed E-state index contributed by atoms with van der Waals surface area (Å²) >= 11 is 1.42. The quantitative estimate of drug-likeness (QED) is 0.441. The molecule has 3 aromatic rings. The van der Waals surface area contributed by atoms with E-state index in [0.29, 0.717) is 10.9 Å². The number of hydrogen-bond donors (Lipinski definition) is 1. The summed E-state index contributed by atoms with van der Waals surface area (Å²) in [5, 5.41) is 4.84. The lowest BCUT2D eigenvalue weighted by atomic mass is 10.2. The molecule has 1 N–H and O–H groups in total. The van der Waals surface area contributed by atoms with Crippen LogP contribution in [-0.4, -0.2) is 27.8 Å². The van der Waals surface area contributed by atoms with Crippen LogP contribution >= 0.6 is 11.8 Å². The van der Waals surface area contributed by atoms with E-state index in [-0.39, 0.29) is 0 Å². The smallest absolute Gasteiger partial charge is 0.191 e. The Bertz CT molecular complexity index is 859. The van der Waals surface area contributed by atoms with Gasteiger partial charge in [-0.15, -0.1) is 6.42 Å². The zero-order valence-corrected chi connectivity index (χ0v) is 13.3. The number of anilines is 2. The summed E-state index contributed by atoms with van der Waals surface area (Å²) in [6, 6.07) is 9.53. The largest absolute Gasteiger partial charge is 0.497 e. The summed E-state index contributed by atoms with van der Waals surface area (Å²) < 4.78 is 5.17. The Balaban J connectivity index is 1.98. The van der Waals surface area contributed by atoms with Gasteiger partial charge in [0.2, 0.25) is 0 Å². The van der Waals surface area contributed by atoms with Gasteiger partial charge >= 0.3 is 0 Å². The van der Waals surface area contributed by atoms with Crippen LogP contribution < -0.4 is 10.1 Å². The minimum absolute atomic E-state index is 0.522. The van der Waals surface area contributed by atoms with Gasteiger partial charge in [0.25, 0.3) is 0 Å². The Labute approximate surface area is 138 Å². The number of nitrogens with zero attached hydrogens (tertiary/aromatic N) is 3. The number of thioether (sulfide) groups is 1. The summed E-state index contributed by atoms with van der Waals surface area (Å²) in [6.07, 6.45) is 8.75. The minimum atomic E-state index is 0.522. The Kier molecular flexibility index (Phi) is 4.60. The molecule has 3 rings (SSSR count). The maximum Gasteiger partial charge on any atom is 0.191 e. The van der Waals surface area contributed by atoms with Gasteiger partial charge in [-0.2, -0.15) is 0 Å². The van der Waals surface area contributed by atoms with Gasteiger partial charge in [0.15, 0.2) is 5.16 Å². The molecule has 0 fully saturated rings. The second-order valence-electron chi connectivity index (χ2n) is 4.59. The summed E-state index contributed by atoms with van der Waals surface area (Å²) in [4.78, 5) is 13.2. The van der Waals surface area contributed by atoms with Crippen LogP contribution in [0.1, 0.15) is 0 Å². The fourth-order valence-corrected chi connectivity index (χ4v) is 2.57. The normalized spacial score (nSPS) is 10.3. The molecular weight excluding hydrogens is 308 g/mol. The SMILES string of the molecule is C#CCSc1nc(Nc2ccc(OC)cc2)c2ccncc2n1. The summed E-state index contributed by atoms with van der Waals surface area (Å²) in [5.74, 6) is 4.63. The predicted molar refractivity (Wildman–Crippen MR) is 93.2 cm³/mol. The van der Waals surface area contributed by atoms with Crippen LogP contribution in [0.4, 0.5) is 11.5 Å². The molecule has 114 valence electrons. The lowest BCUT2D eigenvalue weighted by molar-refractivity contribution is 0.415. The number of methoxy groups -OCH3 is 1. The molecule has 0 aliphatic heterocycles. The second-order valence-corrected chi connectivity index (χ2v) is 5.54. The van der Waals surface area contributed by atoms with Crippen molar-refractivity contribution in [2.75, 3.05) is 18.2 Å². The van der Waals surface area contributed by atoms with Crippen LogP contribution in [0, 0.1) is 12.3 Å². The first kappa shape index (κ1) is 15.1. The average Bonchev–Trinajstić information content (AvgIpc) is 2.60. The van der Waals surface area contributed by atoms with Crippen LogP contribution in [-0.2, 0) is 0 Å². The summed E-state index contributed by atoms with van der Waals surface area (Å²) in [7, 11) is 1.64. The predicted octanol–water partition coefficient (Wildman–Crippen LogP) is 3.50. The monoisotopic (exact) mass is 322 g/mol. The van der Waals surface area contributed by atoms with Crippen molar-refractivity contribution in [3.8, 4) is 18.1 Å². The first-order valence-electron chi connectivity index (χ1n) is 6.89. The molecule has 0 unspecified atom stereocenters. The molecule has 0 aliphatic carbocycles. The maximum absolute atomic E-state index is 5.31. The van der Waals surface area contributed by atoms with E-state index in [4.69, 9.17) is 11.2 Å². The molecule has 1 aromatic carbocycles. The molecule has 6 heteroatoms. The molecule has 0 amide bonds. The van der Waals surface area contributed by atoms with Crippen molar-refractivity contribution in [3.63, 3.8) is 0 Å². The van der Waals surface area contributed by atoms with E-state index in [1.807, 2.05) is 30.3 Å². The highest BCUT2D eigenvalue weighted by Gasteiger charge is 2.08. The molecule has 0 saturated heterocycles. The van der Waals surface area contributed by atoms with E-state index in [9.17, 15) is 0 Å². The van der Waals surface area contributed by atoms with Crippen molar-refractivity contribution in [1.82, 2.24) is 15.0 Å². The van der Waals surface area contributed by atoms with Crippen LogP contribution in [0.5, 0.6) is 5.75 Å². The topological polar surface area (TPSA) is 59.9 Å². The van der Waals surface area contributed by atoms with Crippen LogP contribution in [0.2, 0.25) is 0 Å². The van der Waals surface area contributed by atoms with Gasteiger partial charge in [0.1, 0.15) is 11.6 Å². The maximum atomic E-state index is 5.31. The first-order valence-corrected chi connectivity index (χ1v) is 7.88. The number of pyridine rings is 1. The summed E-state index contributed by atoms with van der Waals surface area (Å²) in [6.45, 7) is 0. The number of aromatic nitrogens is 3. The molecule has 0 saturated carbocycles. The Hall–Kier alpha value is -2.78. The summed E-state index contributed by atoms with van der Waals surface area (Å²) in [5.41, 5.74) is 1.69. The third-order valence-corrected chi connectivity index (χ3v) is 3.87. The van der Waals surface area contributed by atoms with Crippen LogP contribution in [0.25, 0.3) is 10.9 Å². The fourth-order valence-electron chi connectivity index (χ4n) is 2.04. The molecule has 0 radical (unpaired) electrons. The van der Waals surface area contributed by atoms with Crippen LogP contribution in [0.3, 0.4) is 0 Å². The number of rotatable bonds is 5. The van der Waals surface area contributed by atoms with Gasteiger partial charge in [-0.25, -0.2) is 9.97 Å². The molecule has 0 spiro atoms. The van der Waals surface area contributed by atoms with Gasteiger partial charge in [-0.05, 0) is 30.3 Å². The molecule has 2 heterocycles. The lowest BCUT2D eigenvalue weighted by Crippen LogP contribution is -1.99. The number of terminal acetylenes is 1. The third kappa shape index (κ3) is 3.52. The zero-order valence-electron chi connectivity index (χ0n) is 12.5. The lowest BCUT2D eigenvalue weighted by Gasteiger charge is -2.10. The van der Waals surface area contributed by atoms with Gasteiger partial charge in [0.05, 0.1) is 24.6 Å². The Morgan fingerprint density at radius 1 is 1.22 bits per heavy atom. The van der Waals surface area contributed by atoms with E-state index >= 15 is 0 Å². The highest BCUT2D eigenvalue weighted by atomic mass is 32.2. The number of ether oxygens (including phenoxy) is 1. The number of fused-ring (bicyclic) bond motifs is 1. The molecule has 5 nitrogen and oxygen atoms in total. The van der Waals surface area contributed by atoms with Gasteiger partial charge in [0, 0.05) is 17.3 Å². The Morgan fingerprint density at radius 2 is 2.04 bits per heavy atom. The first-order chi connectivity index (χ1) is 11.3. The van der Waals surface area contributed by atoms with E-state index in [1.165, 1.54) is 11.8 Å². The molecule has 0 bridgehead atoms. The number of hydrogen-bond acceptors (Lipinski definition) is 6. The van der Waals surface area contributed by atoms with E-state index in [0.717, 1.165) is 28.2 Å². The van der Waals surface area contributed by atoms with Crippen molar-refractivity contribution >= 4 is 34.2 Å². The molecule has 2 aromatic heterocycles. The van der Waals surface area contributed by atoms with Crippen molar-refractivity contribution < 1.29 is 4.74 Å². The van der Waals surface area contributed by atoms with Gasteiger partial charge < -0.3 is 10.1 Å². The van der Waals surface area contributed by atoms with E-state index < -0.39 is 0 Å². The van der Waals surface area contributed by atoms with Crippen LogP contribution in [0.15, 0.2) is 47.9 Å². The van der Waals surface area contributed by atoms with Crippen molar-refractivity contribution in [3.05, 3.63) is 42.7 Å². The highest BCUT2D eigenvalue weighted by molar-refractivity contribution is 7.99. The zero-order chi connectivity index (χ0) is 16.1. The molecule has 0 atom stereocenters. The van der Waals surface area contributed by atoms with Crippen molar-refractivity contribution in [2.45, 2.75) is 5.16 Å². The number of benzene rings is 1. The van der Waals surface area contributed by atoms with Crippen molar-refractivity contribution in [2.24, 2.45) is 0 Å². The van der Waals surface area contributed by atoms with Crippen molar-refractivity contribution in [1.29, 1.82) is 0 Å². The fraction of sp³-hybridized carbons (Fsp3) is 0.118. The molecule has 23 heavy (non-hydrogen) atoms. The van der Waals surface area contributed by atoms with Gasteiger partial charge in [-0.3, -0.25) is 4.98 Å². The molecular formula is C17H14N4OS. The third-order valence-electron chi connectivity index (χ3n) is 3.12. The second kappa shape index (κ2) is 6.99. The average molecular weight is 322 g/mol.